The number of aryl methyl sites for hydroxylation is 1. The van der Waals surface area contributed by atoms with E-state index in [1.54, 1.807) is 20.8 Å². The first-order chi connectivity index (χ1) is 10.8. The molecule has 2 aromatic rings. The average molecular weight is 335 g/mol. The standard InChI is InChI=1S/C16H21N3O3S/c1-10-18-19-14(23-10)12-7-5-11(6-8-12)13(9-20)17-15(21)22-16(2,3)4/h5-8,13,20H,9H2,1-4H3,(H,17,21)/t13-/m0/s1. The summed E-state index contributed by atoms with van der Waals surface area (Å²) in [7, 11) is 0. The molecule has 1 amide bonds. The molecule has 6 nitrogen and oxygen atoms in total. The highest BCUT2D eigenvalue weighted by molar-refractivity contribution is 7.14. The van der Waals surface area contributed by atoms with Crippen LogP contribution in [0.2, 0.25) is 0 Å². The molecule has 0 aliphatic carbocycles. The largest absolute Gasteiger partial charge is 0.444 e. The summed E-state index contributed by atoms with van der Waals surface area (Å²) in [6.07, 6.45) is -0.555. The van der Waals surface area contributed by atoms with Gasteiger partial charge in [0.15, 0.2) is 0 Å². The lowest BCUT2D eigenvalue weighted by atomic mass is 10.1. The topological polar surface area (TPSA) is 84.3 Å². The van der Waals surface area contributed by atoms with Crippen LogP contribution in [-0.4, -0.2) is 33.6 Å². The number of nitrogens with zero attached hydrogens (tertiary/aromatic N) is 2. The number of ether oxygens (including phenoxy) is 1. The molecule has 0 aliphatic heterocycles. The highest BCUT2D eigenvalue weighted by Crippen LogP contribution is 2.25. The van der Waals surface area contributed by atoms with E-state index >= 15 is 0 Å². The summed E-state index contributed by atoms with van der Waals surface area (Å²) in [5.74, 6) is 0. The first-order valence-electron chi connectivity index (χ1n) is 7.29. The zero-order valence-corrected chi connectivity index (χ0v) is 14.5. The Kier molecular flexibility index (Phi) is 5.33. The maximum absolute atomic E-state index is 11.8. The minimum Gasteiger partial charge on any atom is -0.444 e. The van der Waals surface area contributed by atoms with E-state index in [1.165, 1.54) is 11.3 Å². The molecular formula is C16H21N3O3S. The summed E-state index contributed by atoms with van der Waals surface area (Å²) in [5, 5.41) is 22.0. The zero-order valence-electron chi connectivity index (χ0n) is 13.7. The molecule has 0 spiro atoms. The molecule has 0 radical (unpaired) electrons. The van der Waals surface area contributed by atoms with Gasteiger partial charge in [0.05, 0.1) is 12.6 Å². The summed E-state index contributed by atoms with van der Waals surface area (Å²) < 4.78 is 5.21. The number of alkyl carbamates (subject to hydrolysis) is 1. The minimum absolute atomic E-state index is 0.212. The first kappa shape index (κ1) is 17.4. The summed E-state index contributed by atoms with van der Waals surface area (Å²) in [6.45, 7) is 7.07. The summed E-state index contributed by atoms with van der Waals surface area (Å²) in [5.41, 5.74) is 1.17. The van der Waals surface area contributed by atoms with Crippen molar-refractivity contribution >= 4 is 17.4 Å². The Balaban J connectivity index is 2.08. The van der Waals surface area contributed by atoms with E-state index in [2.05, 4.69) is 15.5 Å². The van der Waals surface area contributed by atoms with Gasteiger partial charge in [0, 0.05) is 5.56 Å². The number of hydrogen-bond acceptors (Lipinski definition) is 6. The molecule has 1 aromatic carbocycles. The smallest absolute Gasteiger partial charge is 0.408 e. The Morgan fingerprint density at radius 2 is 1.96 bits per heavy atom. The maximum atomic E-state index is 11.8. The number of aromatic nitrogens is 2. The highest BCUT2D eigenvalue weighted by Gasteiger charge is 2.20. The van der Waals surface area contributed by atoms with Gasteiger partial charge in [-0.05, 0) is 33.3 Å². The van der Waals surface area contributed by atoms with E-state index in [9.17, 15) is 9.90 Å². The van der Waals surface area contributed by atoms with Gasteiger partial charge in [0.2, 0.25) is 0 Å². The van der Waals surface area contributed by atoms with E-state index in [1.807, 2.05) is 31.2 Å². The van der Waals surface area contributed by atoms with Gasteiger partial charge in [-0.3, -0.25) is 0 Å². The summed E-state index contributed by atoms with van der Waals surface area (Å²) >= 11 is 1.52. The van der Waals surface area contributed by atoms with Crippen molar-refractivity contribution in [3.63, 3.8) is 0 Å². The minimum atomic E-state index is -0.580. The highest BCUT2D eigenvalue weighted by atomic mass is 32.1. The van der Waals surface area contributed by atoms with Crippen LogP contribution in [0.1, 0.15) is 37.4 Å². The van der Waals surface area contributed by atoms with Gasteiger partial charge in [0.1, 0.15) is 15.6 Å². The van der Waals surface area contributed by atoms with Crippen molar-refractivity contribution in [2.75, 3.05) is 6.61 Å². The molecule has 1 aromatic heterocycles. The van der Waals surface area contributed by atoms with Gasteiger partial charge in [-0.2, -0.15) is 0 Å². The predicted molar refractivity (Wildman–Crippen MR) is 89.3 cm³/mol. The van der Waals surface area contributed by atoms with Crippen LogP contribution < -0.4 is 5.32 Å². The average Bonchev–Trinajstić information content (AvgIpc) is 2.90. The normalized spacial score (nSPS) is 12.7. The number of aliphatic hydroxyl groups is 1. The predicted octanol–water partition coefficient (Wildman–Crippen LogP) is 3.07. The summed E-state index contributed by atoms with van der Waals surface area (Å²) in [6, 6.07) is 6.98. The lowest BCUT2D eigenvalue weighted by molar-refractivity contribution is 0.0482. The molecule has 2 rings (SSSR count). The molecule has 0 saturated heterocycles. The van der Waals surface area contributed by atoms with Crippen LogP contribution in [0.25, 0.3) is 10.6 Å². The Bertz CT molecular complexity index is 662. The number of benzene rings is 1. The van der Waals surface area contributed by atoms with Crippen molar-refractivity contribution < 1.29 is 14.6 Å². The second-order valence-electron chi connectivity index (χ2n) is 6.13. The van der Waals surface area contributed by atoms with Crippen molar-refractivity contribution in [2.45, 2.75) is 39.3 Å². The van der Waals surface area contributed by atoms with Crippen molar-refractivity contribution in [3.8, 4) is 10.6 Å². The Morgan fingerprint density at radius 1 is 1.30 bits per heavy atom. The third-order valence-electron chi connectivity index (χ3n) is 2.96. The SMILES string of the molecule is Cc1nnc(-c2ccc([C@H](CO)NC(=O)OC(C)(C)C)cc2)s1. The number of carbonyl (C=O) groups is 1. The molecule has 2 N–H and O–H groups in total. The fourth-order valence-electron chi connectivity index (χ4n) is 1.96. The second kappa shape index (κ2) is 7.06. The van der Waals surface area contributed by atoms with Crippen LogP contribution in [-0.2, 0) is 4.74 Å². The van der Waals surface area contributed by atoms with Gasteiger partial charge in [-0.1, -0.05) is 35.6 Å². The van der Waals surface area contributed by atoms with Crippen molar-refractivity contribution in [2.24, 2.45) is 0 Å². The third-order valence-corrected chi connectivity index (χ3v) is 3.85. The molecule has 0 fully saturated rings. The van der Waals surface area contributed by atoms with Gasteiger partial charge in [-0.25, -0.2) is 4.79 Å². The van der Waals surface area contributed by atoms with Gasteiger partial charge >= 0.3 is 6.09 Å². The molecule has 0 aliphatic rings. The van der Waals surface area contributed by atoms with E-state index in [0.717, 1.165) is 21.1 Å². The quantitative estimate of drug-likeness (QED) is 0.897. The van der Waals surface area contributed by atoms with E-state index < -0.39 is 17.7 Å². The number of rotatable bonds is 4. The van der Waals surface area contributed by atoms with Gasteiger partial charge in [0.25, 0.3) is 0 Å². The maximum Gasteiger partial charge on any atom is 0.408 e. The number of nitrogens with one attached hydrogen (secondary N) is 1. The van der Waals surface area contributed by atoms with Crippen molar-refractivity contribution in [1.29, 1.82) is 0 Å². The van der Waals surface area contributed by atoms with Crippen molar-refractivity contribution in [1.82, 2.24) is 15.5 Å². The molecule has 1 heterocycles. The van der Waals surface area contributed by atoms with Crippen molar-refractivity contribution in [3.05, 3.63) is 34.8 Å². The van der Waals surface area contributed by atoms with Gasteiger partial charge in [-0.15, -0.1) is 10.2 Å². The lowest BCUT2D eigenvalue weighted by Gasteiger charge is -2.23. The monoisotopic (exact) mass is 335 g/mol. The lowest BCUT2D eigenvalue weighted by Crippen LogP contribution is -2.36. The molecule has 0 saturated carbocycles. The number of amides is 1. The molecule has 0 unspecified atom stereocenters. The number of carbonyl (C=O) groups excluding carboxylic acids is 1. The van der Waals surface area contributed by atoms with E-state index in [4.69, 9.17) is 4.74 Å². The van der Waals surface area contributed by atoms with Crippen LogP contribution >= 0.6 is 11.3 Å². The van der Waals surface area contributed by atoms with Gasteiger partial charge < -0.3 is 15.2 Å². The second-order valence-corrected chi connectivity index (χ2v) is 7.31. The van der Waals surface area contributed by atoms with Crippen LogP contribution in [0, 0.1) is 6.92 Å². The third kappa shape index (κ3) is 5.01. The van der Waals surface area contributed by atoms with Crippen LogP contribution in [0.3, 0.4) is 0 Å². The van der Waals surface area contributed by atoms with Crippen LogP contribution in [0.15, 0.2) is 24.3 Å². The van der Waals surface area contributed by atoms with E-state index in [0.29, 0.717) is 0 Å². The zero-order chi connectivity index (χ0) is 17.0. The molecule has 124 valence electrons. The number of aliphatic hydroxyl groups excluding tert-OH is 1. The molecule has 23 heavy (non-hydrogen) atoms. The number of hydrogen-bond donors (Lipinski definition) is 2. The first-order valence-corrected chi connectivity index (χ1v) is 8.11. The molecule has 1 atom stereocenters. The molecule has 0 bridgehead atoms. The molecular weight excluding hydrogens is 314 g/mol. The Hall–Kier alpha value is -1.99. The Morgan fingerprint density at radius 3 is 2.43 bits per heavy atom. The Labute approximate surface area is 139 Å². The molecule has 7 heteroatoms. The van der Waals surface area contributed by atoms with E-state index in [-0.39, 0.29) is 6.61 Å². The van der Waals surface area contributed by atoms with Crippen LogP contribution in [0.5, 0.6) is 0 Å². The van der Waals surface area contributed by atoms with Crippen LogP contribution in [0.4, 0.5) is 4.79 Å². The summed E-state index contributed by atoms with van der Waals surface area (Å²) in [4.78, 5) is 11.8. The fraction of sp³-hybridized carbons (Fsp3) is 0.438. The fourth-order valence-corrected chi connectivity index (χ4v) is 2.65.